The van der Waals surface area contributed by atoms with E-state index >= 15 is 0 Å². The lowest BCUT2D eigenvalue weighted by Gasteiger charge is -2.04. The average Bonchev–Trinajstić information content (AvgIpc) is 2.02. The Bertz CT molecular complexity index is 320. The summed E-state index contributed by atoms with van der Waals surface area (Å²) in [6, 6.07) is 2.25. The molecule has 0 saturated heterocycles. The summed E-state index contributed by atoms with van der Waals surface area (Å²) in [5, 5.41) is 17.5. The van der Waals surface area contributed by atoms with Crippen molar-refractivity contribution in [2.45, 2.75) is 0 Å². The fraction of sp³-hybridized carbons (Fsp3) is 0. The first kappa shape index (κ1) is 10.4. The van der Waals surface area contributed by atoms with Crippen LogP contribution in [0, 0.1) is 5.82 Å². The molecule has 3 nitrogen and oxygen atoms in total. The van der Waals surface area contributed by atoms with Crippen LogP contribution in [0.3, 0.4) is 0 Å². The fourth-order valence-corrected chi connectivity index (χ4v) is 1.58. The van der Waals surface area contributed by atoms with Crippen molar-refractivity contribution < 1.29 is 19.2 Å². The fourth-order valence-electron chi connectivity index (χ4n) is 0.919. The monoisotopic (exact) mass is 246 g/mol. The molecule has 0 aromatic heterocycles. The summed E-state index contributed by atoms with van der Waals surface area (Å²) >= 11 is 2.92. The van der Waals surface area contributed by atoms with E-state index in [1.54, 1.807) is 0 Å². The van der Waals surface area contributed by atoms with E-state index in [9.17, 15) is 9.18 Å². The normalized spacial score (nSPS) is 9.85. The quantitative estimate of drug-likeness (QED) is 0.574. The zero-order chi connectivity index (χ0) is 10.0. The molecule has 2 N–H and O–H groups in total. The highest BCUT2D eigenvalue weighted by atomic mass is 79.9. The van der Waals surface area contributed by atoms with Gasteiger partial charge in [0.1, 0.15) is 12.1 Å². The summed E-state index contributed by atoms with van der Waals surface area (Å²) in [5.41, 5.74) is -0.139. The van der Waals surface area contributed by atoms with Gasteiger partial charge < -0.3 is 10.0 Å². The van der Waals surface area contributed by atoms with Gasteiger partial charge in [-0.15, -0.1) is 0 Å². The van der Waals surface area contributed by atoms with Crippen molar-refractivity contribution in [2.75, 3.05) is 0 Å². The van der Waals surface area contributed by atoms with E-state index in [1.807, 2.05) is 0 Å². The zero-order valence-corrected chi connectivity index (χ0v) is 7.95. The van der Waals surface area contributed by atoms with Gasteiger partial charge in [0.25, 0.3) is 0 Å². The van der Waals surface area contributed by atoms with Crippen molar-refractivity contribution in [1.82, 2.24) is 0 Å². The second kappa shape index (κ2) is 4.00. The smallest absolute Gasteiger partial charge is 0.423 e. The molecule has 0 aliphatic carbocycles. The first-order valence-corrected chi connectivity index (χ1v) is 4.16. The molecule has 0 fully saturated rings. The highest BCUT2D eigenvalue weighted by Crippen LogP contribution is 2.12. The van der Waals surface area contributed by atoms with Crippen molar-refractivity contribution in [2.24, 2.45) is 0 Å². The molecule has 6 heteroatoms. The summed E-state index contributed by atoms with van der Waals surface area (Å²) in [6.07, 6.45) is 0.474. The molecule has 1 aromatic rings. The Balaban J connectivity index is 3.31. The summed E-state index contributed by atoms with van der Waals surface area (Å²) in [7, 11) is -1.89. The minimum Gasteiger partial charge on any atom is -0.423 e. The number of halogens is 2. The maximum atomic E-state index is 13.0. The van der Waals surface area contributed by atoms with Crippen molar-refractivity contribution in [3.63, 3.8) is 0 Å². The van der Waals surface area contributed by atoms with Gasteiger partial charge in [0.2, 0.25) is 0 Å². The molecule has 0 heterocycles. The van der Waals surface area contributed by atoms with E-state index in [-0.39, 0.29) is 15.5 Å². The Labute approximate surface area is 82.5 Å². The molecule has 0 aliphatic heterocycles. The number of hydrogen-bond acceptors (Lipinski definition) is 3. The minimum absolute atomic E-state index is 0.133. The molecule has 68 valence electrons. The predicted molar refractivity (Wildman–Crippen MR) is 49.3 cm³/mol. The topological polar surface area (TPSA) is 57.5 Å². The van der Waals surface area contributed by atoms with Crippen molar-refractivity contribution in [3.05, 3.63) is 28.0 Å². The van der Waals surface area contributed by atoms with Crippen LogP contribution in [-0.2, 0) is 0 Å². The van der Waals surface area contributed by atoms with Crippen LogP contribution < -0.4 is 5.46 Å². The Morgan fingerprint density at radius 2 is 2.08 bits per heavy atom. The molecule has 0 bridgehead atoms. The highest BCUT2D eigenvalue weighted by molar-refractivity contribution is 9.10. The lowest BCUT2D eigenvalue weighted by molar-refractivity contribution is 0.112. The Morgan fingerprint density at radius 3 is 2.46 bits per heavy atom. The zero-order valence-electron chi connectivity index (χ0n) is 6.37. The largest absolute Gasteiger partial charge is 0.492 e. The van der Waals surface area contributed by atoms with Crippen LogP contribution in [0.5, 0.6) is 0 Å². The molecular weight excluding hydrogens is 242 g/mol. The standard InChI is InChI=1S/C7H5BBrFO3/c9-5-1-4(3-11)2-6(10)7(5)8(12)13/h1-3,12-13H. The number of rotatable bonds is 2. The number of aldehydes is 1. The predicted octanol–water partition coefficient (Wildman–Crippen LogP) is 0.0805. The van der Waals surface area contributed by atoms with Gasteiger partial charge in [0.05, 0.1) is 0 Å². The third-order valence-electron chi connectivity index (χ3n) is 1.50. The average molecular weight is 247 g/mol. The SMILES string of the molecule is O=Cc1cc(F)c(B(O)O)c(Br)c1. The van der Waals surface area contributed by atoms with Gasteiger partial charge in [0.15, 0.2) is 0 Å². The Morgan fingerprint density at radius 1 is 1.46 bits per heavy atom. The van der Waals surface area contributed by atoms with Gasteiger partial charge >= 0.3 is 7.12 Å². The van der Waals surface area contributed by atoms with Gasteiger partial charge in [0, 0.05) is 15.5 Å². The number of hydrogen-bond donors (Lipinski definition) is 2. The van der Waals surface area contributed by atoms with Gasteiger partial charge in [-0.25, -0.2) is 4.39 Å². The van der Waals surface area contributed by atoms with Gasteiger partial charge in [-0.05, 0) is 12.1 Å². The lowest BCUT2D eigenvalue weighted by Crippen LogP contribution is -2.34. The number of carbonyl (C=O) groups is 1. The van der Waals surface area contributed by atoms with E-state index < -0.39 is 12.9 Å². The minimum atomic E-state index is -1.89. The van der Waals surface area contributed by atoms with E-state index in [4.69, 9.17) is 10.0 Å². The first-order valence-electron chi connectivity index (χ1n) is 3.36. The molecule has 1 aromatic carbocycles. The molecule has 0 saturated carbocycles. The maximum Gasteiger partial charge on any atom is 0.492 e. The van der Waals surface area contributed by atoms with Crippen LogP contribution in [0.4, 0.5) is 4.39 Å². The second-order valence-electron chi connectivity index (χ2n) is 2.39. The van der Waals surface area contributed by atoms with Crippen LogP contribution in [0.15, 0.2) is 16.6 Å². The van der Waals surface area contributed by atoms with Crippen molar-refractivity contribution >= 4 is 34.8 Å². The molecule has 0 spiro atoms. The molecule has 0 atom stereocenters. The second-order valence-corrected chi connectivity index (χ2v) is 3.24. The van der Waals surface area contributed by atoms with Gasteiger partial charge in [-0.2, -0.15) is 0 Å². The van der Waals surface area contributed by atoms with Crippen LogP contribution in [0.2, 0.25) is 0 Å². The van der Waals surface area contributed by atoms with Crippen LogP contribution in [0.1, 0.15) is 10.4 Å². The van der Waals surface area contributed by atoms with Crippen LogP contribution in [0.25, 0.3) is 0 Å². The Hall–Kier alpha value is -0.715. The highest BCUT2D eigenvalue weighted by Gasteiger charge is 2.20. The molecule has 13 heavy (non-hydrogen) atoms. The summed E-state index contributed by atoms with van der Waals surface area (Å²) in [6.45, 7) is 0. The van der Waals surface area contributed by atoms with Gasteiger partial charge in [-0.3, -0.25) is 4.79 Å². The Kier molecular flexibility index (Phi) is 3.19. The van der Waals surface area contributed by atoms with E-state index in [0.29, 0.717) is 6.29 Å². The number of carbonyl (C=O) groups excluding carboxylic acids is 1. The first-order chi connectivity index (χ1) is 6.06. The molecule has 0 radical (unpaired) electrons. The molecule has 0 amide bonds. The number of benzene rings is 1. The van der Waals surface area contributed by atoms with E-state index in [1.165, 1.54) is 6.07 Å². The summed E-state index contributed by atoms with van der Waals surface area (Å²) in [5.74, 6) is -0.827. The molecule has 0 unspecified atom stereocenters. The van der Waals surface area contributed by atoms with Crippen molar-refractivity contribution in [3.8, 4) is 0 Å². The van der Waals surface area contributed by atoms with Crippen molar-refractivity contribution in [1.29, 1.82) is 0 Å². The third kappa shape index (κ3) is 2.15. The van der Waals surface area contributed by atoms with E-state index in [0.717, 1.165) is 6.07 Å². The molecule has 1 rings (SSSR count). The maximum absolute atomic E-state index is 13.0. The summed E-state index contributed by atoms with van der Waals surface area (Å²) in [4.78, 5) is 10.3. The summed E-state index contributed by atoms with van der Waals surface area (Å²) < 4.78 is 13.2. The molecular formula is C7H5BBrFO3. The van der Waals surface area contributed by atoms with Gasteiger partial charge in [-0.1, -0.05) is 15.9 Å². The lowest BCUT2D eigenvalue weighted by atomic mass is 9.79. The van der Waals surface area contributed by atoms with E-state index in [2.05, 4.69) is 15.9 Å². The van der Waals surface area contributed by atoms with Crippen LogP contribution >= 0.6 is 15.9 Å². The van der Waals surface area contributed by atoms with Crippen LogP contribution in [-0.4, -0.2) is 23.5 Å². The molecule has 0 aliphatic rings. The third-order valence-corrected chi connectivity index (χ3v) is 2.15.